The predicted octanol–water partition coefficient (Wildman–Crippen LogP) is 1.49. The molecule has 0 bridgehead atoms. The van der Waals surface area contributed by atoms with Crippen LogP contribution in [0.2, 0.25) is 0 Å². The lowest BCUT2D eigenvalue weighted by atomic mass is 10.0. The highest BCUT2D eigenvalue weighted by molar-refractivity contribution is 5.73. The van der Waals surface area contributed by atoms with Crippen molar-refractivity contribution < 1.29 is 4.74 Å². The average Bonchev–Trinajstić information content (AvgIpc) is 2.38. The third-order valence-electron chi connectivity index (χ3n) is 2.73. The van der Waals surface area contributed by atoms with Crippen LogP contribution in [0.5, 0.6) is 5.75 Å². The first-order valence-corrected chi connectivity index (χ1v) is 5.13. The maximum Gasteiger partial charge on any atom is 0.131 e. The van der Waals surface area contributed by atoms with Crippen molar-refractivity contribution in [2.45, 2.75) is 13.2 Å². The van der Waals surface area contributed by atoms with E-state index in [-0.39, 0.29) is 0 Å². The summed E-state index contributed by atoms with van der Waals surface area (Å²) in [6.45, 7) is 1.02. The second-order valence-electron chi connectivity index (χ2n) is 3.71. The molecular formula is C12H11N3O. The number of fused-ring (bicyclic) bond motifs is 3. The summed E-state index contributed by atoms with van der Waals surface area (Å²) in [4.78, 5) is 8.25. The molecule has 80 valence electrons. The fraction of sp³-hybridized carbons (Fsp3) is 0.167. The molecule has 0 amide bonds. The van der Waals surface area contributed by atoms with E-state index >= 15 is 0 Å². The molecule has 2 heterocycles. The Hall–Kier alpha value is -1.94. The zero-order valence-electron chi connectivity index (χ0n) is 8.68. The lowest BCUT2D eigenvalue weighted by Crippen LogP contribution is -2.08. The zero-order valence-corrected chi connectivity index (χ0v) is 8.68. The maximum atomic E-state index is 5.65. The van der Waals surface area contributed by atoms with Crippen LogP contribution in [0, 0.1) is 0 Å². The number of hydrogen-bond donors (Lipinski definition) is 1. The molecule has 1 aromatic heterocycles. The maximum absolute atomic E-state index is 5.65. The Morgan fingerprint density at radius 1 is 1.31 bits per heavy atom. The topological polar surface area (TPSA) is 61.0 Å². The van der Waals surface area contributed by atoms with Crippen LogP contribution in [0.1, 0.15) is 11.3 Å². The lowest BCUT2D eigenvalue weighted by molar-refractivity contribution is 0.296. The van der Waals surface area contributed by atoms with Crippen molar-refractivity contribution in [3.63, 3.8) is 0 Å². The molecule has 3 rings (SSSR count). The van der Waals surface area contributed by atoms with Gasteiger partial charge in [0.25, 0.3) is 0 Å². The Bertz CT molecular complexity index is 540. The summed E-state index contributed by atoms with van der Waals surface area (Å²) in [7, 11) is 0. The van der Waals surface area contributed by atoms with Gasteiger partial charge in [-0.2, -0.15) is 0 Å². The van der Waals surface area contributed by atoms with Gasteiger partial charge in [0.2, 0.25) is 0 Å². The van der Waals surface area contributed by atoms with Crippen LogP contribution < -0.4 is 10.5 Å². The third-order valence-corrected chi connectivity index (χ3v) is 2.73. The molecule has 0 unspecified atom stereocenters. The van der Waals surface area contributed by atoms with E-state index in [4.69, 9.17) is 10.5 Å². The number of rotatable bonds is 1. The first kappa shape index (κ1) is 9.30. The van der Waals surface area contributed by atoms with Crippen LogP contribution in [0.3, 0.4) is 0 Å². The van der Waals surface area contributed by atoms with Crippen LogP contribution in [0.4, 0.5) is 0 Å². The summed E-state index contributed by atoms with van der Waals surface area (Å²) in [5.41, 5.74) is 9.69. The summed E-state index contributed by atoms with van der Waals surface area (Å²) in [6.07, 6.45) is 3.37. The molecule has 0 saturated heterocycles. The van der Waals surface area contributed by atoms with Gasteiger partial charge in [-0.15, -0.1) is 0 Å². The van der Waals surface area contributed by atoms with Crippen LogP contribution in [0.25, 0.3) is 11.1 Å². The minimum Gasteiger partial charge on any atom is -0.487 e. The number of aromatic nitrogens is 2. The van der Waals surface area contributed by atoms with E-state index in [0.717, 1.165) is 28.1 Å². The smallest absolute Gasteiger partial charge is 0.131 e. The number of nitrogens with two attached hydrogens (primary N) is 1. The fourth-order valence-corrected chi connectivity index (χ4v) is 1.88. The lowest BCUT2D eigenvalue weighted by Gasteiger charge is -2.19. The molecular weight excluding hydrogens is 202 g/mol. The Morgan fingerprint density at radius 3 is 3.12 bits per heavy atom. The van der Waals surface area contributed by atoms with Crippen molar-refractivity contribution in [3.8, 4) is 16.9 Å². The van der Waals surface area contributed by atoms with Crippen LogP contribution in [-0.2, 0) is 13.2 Å². The van der Waals surface area contributed by atoms with Gasteiger partial charge in [0.15, 0.2) is 0 Å². The summed E-state index contributed by atoms with van der Waals surface area (Å²) >= 11 is 0. The first-order valence-electron chi connectivity index (χ1n) is 5.13. The number of ether oxygens (including phenoxy) is 1. The van der Waals surface area contributed by atoms with Crippen molar-refractivity contribution in [2.75, 3.05) is 0 Å². The van der Waals surface area contributed by atoms with Gasteiger partial charge in [-0.25, -0.2) is 9.97 Å². The van der Waals surface area contributed by atoms with Gasteiger partial charge in [-0.3, -0.25) is 0 Å². The van der Waals surface area contributed by atoms with Crippen LogP contribution in [0.15, 0.2) is 30.7 Å². The third kappa shape index (κ3) is 1.35. The molecule has 1 aromatic carbocycles. The minimum atomic E-state index is 0.499. The normalized spacial score (nSPS) is 12.6. The van der Waals surface area contributed by atoms with Crippen molar-refractivity contribution in [1.82, 2.24) is 9.97 Å². The molecule has 16 heavy (non-hydrogen) atoms. The van der Waals surface area contributed by atoms with Gasteiger partial charge >= 0.3 is 0 Å². The van der Waals surface area contributed by atoms with E-state index < -0.39 is 0 Å². The molecule has 4 nitrogen and oxygen atoms in total. The number of hydrogen-bond acceptors (Lipinski definition) is 4. The summed E-state index contributed by atoms with van der Waals surface area (Å²) in [6, 6.07) is 5.99. The molecule has 2 N–H and O–H groups in total. The Kier molecular flexibility index (Phi) is 2.08. The Labute approximate surface area is 93.1 Å². The van der Waals surface area contributed by atoms with E-state index in [1.165, 1.54) is 0 Å². The Morgan fingerprint density at radius 2 is 2.25 bits per heavy atom. The van der Waals surface area contributed by atoms with Gasteiger partial charge in [0.05, 0.1) is 5.69 Å². The molecule has 4 heteroatoms. The van der Waals surface area contributed by atoms with Gasteiger partial charge in [-0.05, 0) is 11.6 Å². The number of benzene rings is 1. The predicted molar refractivity (Wildman–Crippen MR) is 59.7 cm³/mol. The molecule has 0 fully saturated rings. The SMILES string of the molecule is NCc1ccc2c(c1)OCc1ncncc1-2. The van der Waals surface area contributed by atoms with Gasteiger partial charge < -0.3 is 10.5 Å². The highest BCUT2D eigenvalue weighted by atomic mass is 16.5. The van der Waals surface area contributed by atoms with Crippen molar-refractivity contribution >= 4 is 0 Å². The van der Waals surface area contributed by atoms with E-state index in [1.54, 1.807) is 6.33 Å². The van der Waals surface area contributed by atoms with E-state index in [9.17, 15) is 0 Å². The van der Waals surface area contributed by atoms with Crippen LogP contribution in [-0.4, -0.2) is 9.97 Å². The van der Waals surface area contributed by atoms with Crippen molar-refractivity contribution in [3.05, 3.63) is 42.0 Å². The van der Waals surface area contributed by atoms with Crippen LogP contribution >= 0.6 is 0 Å². The quantitative estimate of drug-likeness (QED) is 0.779. The number of nitrogens with zero attached hydrogens (tertiary/aromatic N) is 2. The largest absolute Gasteiger partial charge is 0.487 e. The standard InChI is InChI=1S/C12H11N3O/c13-4-8-1-2-9-10-5-14-7-15-11(10)6-16-12(9)3-8/h1-3,5,7H,4,6,13H2. The highest BCUT2D eigenvalue weighted by Gasteiger charge is 2.18. The minimum absolute atomic E-state index is 0.499. The second kappa shape index (κ2) is 3.57. The van der Waals surface area contributed by atoms with E-state index in [1.807, 2.05) is 24.4 Å². The molecule has 2 aromatic rings. The molecule has 0 atom stereocenters. The molecule has 0 saturated carbocycles. The molecule has 0 spiro atoms. The first-order chi connectivity index (χ1) is 7.88. The molecule has 0 radical (unpaired) electrons. The van der Waals surface area contributed by atoms with Gasteiger partial charge in [0, 0.05) is 23.9 Å². The fourth-order valence-electron chi connectivity index (χ4n) is 1.88. The summed E-state index contributed by atoms with van der Waals surface area (Å²) < 4.78 is 5.65. The molecule has 1 aliphatic heterocycles. The van der Waals surface area contributed by atoms with E-state index in [0.29, 0.717) is 13.2 Å². The monoisotopic (exact) mass is 213 g/mol. The zero-order chi connectivity index (χ0) is 11.0. The van der Waals surface area contributed by atoms with Crippen molar-refractivity contribution in [1.29, 1.82) is 0 Å². The van der Waals surface area contributed by atoms with Gasteiger partial charge in [0.1, 0.15) is 18.7 Å². The molecule has 0 aliphatic carbocycles. The van der Waals surface area contributed by atoms with E-state index in [2.05, 4.69) is 9.97 Å². The average molecular weight is 213 g/mol. The summed E-state index contributed by atoms with van der Waals surface area (Å²) in [5.74, 6) is 0.866. The Balaban J connectivity index is 2.18. The second-order valence-corrected chi connectivity index (χ2v) is 3.71. The molecule has 1 aliphatic rings. The van der Waals surface area contributed by atoms with Crippen molar-refractivity contribution in [2.24, 2.45) is 5.73 Å². The van der Waals surface area contributed by atoms with Gasteiger partial charge in [-0.1, -0.05) is 12.1 Å². The highest BCUT2D eigenvalue weighted by Crippen LogP contribution is 2.36. The summed E-state index contributed by atoms with van der Waals surface area (Å²) in [5, 5.41) is 0.